The van der Waals surface area contributed by atoms with Crippen LogP contribution in [0.25, 0.3) is 33.2 Å². The number of aromatic amines is 1. The molecule has 0 bridgehead atoms. The number of aromatic hydroxyl groups is 1. The number of hydrogen-bond donors (Lipinski definition) is 2. The van der Waals surface area contributed by atoms with Crippen LogP contribution in [0, 0.1) is 5.82 Å². The highest BCUT2D eigenvalue weighted by Crippen LogP contribution is 2.40. The average molecular weight is 410 g/mol. The van der Waals surface area contributed by atoms with E-state index in [2.05, 4.69) is 9.97 Å². The lowest BCUT2D eigenvalue weighted by Gasteiger charge is -2.14. The molecule has 8 heteroatoms. The van der Waals surface area contributed by atoms with E-state index in [4.69, 9.17) is 0 Å². The SMILES string of the molecule is CS(=O)(=O)c1ccc(-c2c(-c3ccc(F)cc3)cc(O)c3nc[nH]c(=O)c23)cc1. The van der Waals surface area contributed by atoms with Gasteiger partial charge >= 0.3 is 0 Å². The molecule has 0 amide bonds. The van der Waals surface area contributed by atoms with Gasteiger partial charge in [0.2, 0.25) is 0 Å². The number of nitrogens with one attached hydrogen (secondary N) is 1. The van der Waals surface area contributed by atoms with Crippen LogP contribution in [0.3, 0.4) is 0 Å². The lowest BCUT2D eigenvalue weighted by Crippen LogP contribution is -2.08. The third-order valence-corrected chi connectivity index (χ3v) is 5.75. The molecule has 0 radical (unpaired) electrons. The number of H-pyrrole nitrogens is 1. The van der Waals surface area contributed by atoms with E-state index in [1.54, 1.807) is 12.1 Å². The maximum Gasteiger partial charge on any atom is 0.259 e. The molecule has 0 saturated heterocycles. The van der Waals surface area contributed by atoms with Crippen LogP contribution in [-0.2, 0) is 9.84 Å². The molecule has 0 aliphatic rings. The van der Waals surface area contributed by atoms with Gasteiger partial charge in [0, 0.05) is 11.8 Å². The highest BCUT2D eigenvalue weighted by molar-refractivity contribution is 7.90. The Morgan fingerprint density at radius 1 is 1.00 bits per heavy atom. The minimum atomic E-state index is -3.39. The van der Waals surface area contributed by atoms with E-state index in [-0.39, 0.29) is 21.5 Å². The Morgan fingerprint density at radius 3 is 2.24 bits per heavy atom. The van der Waals surface area contributed by atoms with Gasteiger partial charge < -0.3 is 10.1 Å². The summed E-state index contributed by atoms with van der Waals surface area (Å²) >= 11 is 0. The Kier molecular flexibility index (Phi) is 4.43. The molecule has 0 spiro atoms. The Bertz CT molecular complexity index is 1390. The third kappa shape index (κ3) is 3.38. The van der Waals surface area contributed by atoms with Gasteiger partial charge in [-0.15, -0.1) is 0 Å². The highest BCUT2D eigenvalue weighted by atomic mass is 32.2. The van der Waals surface area contributed by atoms with Crippen molar-refractivity contribution in [2.24, 2.45) is 0 Å². The molecule has 2 N–H and O–H groups in total. The summed E-state index contributed by atoms with van der Waals surface area (Å²) < 4.78 is 37.0. The zero-order chi connectivity index (χ0) is 20.8. The topological polar surface area (TPSA) is 100 Å². The maximum atomic E-state index is 13.4. The molecule has 29 heavy (non-hydrogen) atoms. The first-order chi connectivity index (χ1) is 13.8. The molecule has 146 valence electrons. The standard InChI is InChI=1S/C21H15FN2O4S/c1-29(27,28)15-8-4-13(5-9-15)18-16(12-2-6-14(22)7-3-12)10-17(25)20-19(18)21(26)24-11-23-20/h2-11,25H,1H3,(H,23,24,26). The van der Waals surface area contributed by atoms with E-state index < -0.39 is 21.2 Å². The number of sulfone groups is 1. The zero-order valence-corrected chi connectivity index (χ0v) is 16.0. The lowest BCUT2D eigenvalue weighted by molar-refractivity contribution is 0.480. The van der Waals surface area contributed by atoms with Crippen molar-refractivity contribution in [3.05, 3.63) is 77.1 Å². The second kappa shape index (κ2) is 6.82. The Balaban J connectivity index is 2.10. The molecule has 4 aromatic rings. The maximum absolute atomic E-state index is 13.4. The summed E-state index contributed by atoms with van der Waals surface area (Å²) in [6.07, 6.45) is 2.30. The fourth-order valence-electron chi connectivity index (χ4n) is 3.26. The van der Waals surface area contributed by atoms with Crippen LogP contribution in [0.4, 0.5) is 4.39 Å². The van der Waals surface area contributed by atoms with Gasteiger partial charge in [0.15, 0.2) is 9.84 Å². The summed E-state index contributed by atoms with van der Waals surface area (Å²) in [6.45, 7) is 0. The van der Waals surface area contributed by atoms with Crippen molar-refractivity contribution >= 4 is 20.7 Å². The minimum Gasteiger partial charge on any atom is -0.506 e. The Morgan fingerprint density at radius 2 is 1.62 bits per heavy atom. The minimum absolute atomic E-state index is 0.113. The van der Waals surface area contributed by atoms with Gasteiger partial charge in [0.1, 0.15) is 17.1 Å². The van der Waals surface area contributed by atoms with E-state index in [9.17, 15) is 22.7 Å². The molecule has 1 heterocycles. The molecule has 3 aromatic carbocycles. The normalized spacial score (nSPS) is 11.7. The molecule has 1 aromatic heterocycles. The lowest BCUT2D eigenvalue weighted by atomic mass is 9.91. The molecular formula is C21H15FN2O4S. The number of nitrogens with zero attached hydrogens (tertiary/aromatic N) is 1. The van der Waals surface area contributed by atoms with Crippen molar-refractivity contribution in [3.63, 3.8) is 0 Å². The van der Waals surface area contributed by atoms with Gasteiger partial charge in [-0.3, -0.25) is 4.79 Å². The Labute approximate surface area is 165 Å². The molecule has 0 aliphatic heterocycles. The van der Waals surface area contributed by atoms with Crippen molar-refractivity contribution in [1.29, 1.82) is 0 Å². The largest absolute Gasteiger partial charge is 0.506 e. The van der Waals surface area contributed by atoms with Crippen LogP contribution in [0.2, 0.25) is 0 Å². The van der Waals surface area contributed by atoms with E-state index >= 15 is 0 Å². The quantitative estimate of drug-likeness (QED) is 0.538. The number of fused-ring (bicyclic) bond motifs is 1. The molecule has 4 rings (SSSR count). The zero-order valence-electron chi connectivity index (χ0n) is 15.2. The number of halogens is 1. The second-order valence-electron chi connectivity index (χ2n) is 6.58. The van der Waals surface area contributed by atoms with Crippen molar-refractivity contribution < 1.29 is 17.9 Å². The predicted molar refractivity (Wildman–Crippen MR) is 108 cm³/mol. The first-order valence-corrected chi connectivity index (χ1v) is 10.4. The van der Waals surface area contributed by atoms with Gasteiger partial charge in [-0.2, -0.15) is 0 Å². The number of aromatic nitrogens is 2. The van der Waals surface area contributed by atoms with Crippen molar-refractivity contribution in [2.75, 3.05) is 6.26 Å². The number of rotatable bonds is 3. The van der Waals surface area contributed by atoms with Gasteiger partial charge in [0.05, 0.1) is 16.6 Å². The molecule has 0 saturated carbocycles. The van der Waals surface area contributed by atoms with Crippen LogP contribution < -0.4 is 5.56 Å². The van der Waals surface area contributed by atoms with Crippen LogP contribution in [0.1, 0.15) is 0 Å². The first-order valence-electron chi connectivity index (χ1n) is 8.55. The molecule has 0 fully saturated rings. The summed E-state index contributed by atoms with van der Waals surface area (Å²) in [5.41, 5.74) is 1.73. The monoisotopic (exact) mass is 410 g/mol. The number of phenolic OH excluding ortho intramolecular Hbond substituents is 1. The van der Waals surface area contributed by atoms with E-state index in [1.807, 2.05) is 0 Å². The number of hydrogen-bond acceptors (Lipinski definition) is 5. The first kappa shape index (κ1) is 18.8. The van der Waals surface area contributed by atoms with Crippen LogP contribution in [0.5, 0.6) is 5.75 Å². The second-order valence-corrected chi connectivity index (χ2v) is 8.59. The summed E-state index contributed by atoms with van der Waals surface area (Å²) in [4.78, 5) is 19.3. The molecule has 6 nitrogen and oxygen atoms in total. The molecular weight excluding hydrogens is 395 g/mol. The fraction of sp³-hybridized carbons (Fsp3) is 0.0476. The van der Waals surface area contributed by atoms with Crippen LogP contribution in [0.15, 0.2) is 70.6 Å². The van der Waals surface area contributed by atoms with E-state index in [0.29, 0.717) is 22.3 Å². The highest BCUT2D eigenvalue weighted by Gasteiger charge is 2.19. The molecule has 0 aliphatic carbocycles. The van der Waals surface area contributed by atoms with Gasteiger partial charge in [-0.1, -0.05) is 24.3 Å². The summed E-state index contributed by atoms with van der Waals surface area (Å²) in [7, 11) is -3.39. The number of phenols is 1. The number of benzene rings is 3. The summed E-state index contributed by atoms with van der Waals surface area (Å²) in [5, 5.41) is 10.6. The van der Waals surface area contributed by atoms with Gasteiger partial charge in [0.25, 0.3) is 5.56 Å². The van der Waals surface area contributed by atoms with Crippen LogP contribution in [-0.4, -0.2) is 29.7 Å². The Hall–Kier alpha value is -3.52. The van der Waals surface area contributed by atoms with Crippen LogP contribution >= 0.6 is 0 Å². The average Bonchev–Trinajstić information content (AvgIpc) is 2.68. The van der Waals surface area contributed by atoms with Gasteiger partial charge in [-0.25, -0.2) is 17.8 Å². The van der Waals surface area contributed by atoms with E-state index in [1.165, 1.54) is 48.8 Å². The van der Waals surface area contributed by atoms with Crippen molar-refractivity contribution in [3.8, 4) is 28.0 Å². The molecule has 0 atom stereocenters. The summed E-state index contributed by atoms with van der Waals surface area (Å²) in [5.74, 6) is -0.612. The van der Waals surface area contributed by atoms with E-state index in [0.717, 1.165) is 6.26 Å². The van der Waals surface area contributed by atoms with Gasteiger partial charge in [-0.05, 0) is 47.0 Å². The predicted octanol–water partition coefficient (Wildman–Crippen LogP) is 3.51. The third-order valence-electron chi connectivity index (χ3n) is 4.62. The summed E-state index contributed by atoms with van der Waals surface area (Å²) in [6, 6.07) is 13.2. The smallest absolute Gasteiger partial charge is 0.259 e. The van der Waals surface area contributed by atoms with Crippen molar-refractivity contribution in [2.45, 2.75) is 4.90 Å². The fourth-order valence-corrected chi connectivity index (χ4v) is 3.89. The molecule has 0 unspecified atom stereocenters. The van der Waals surface area contributed by atoms with Crippen molar-refractivity contribution in [1.82, 2.24) is 9.97 Å².